The van der Waals surface area contributed by atoms with Gasteiger partial charge in [-0.05, 0) is 36.1 Å². The number of aromatic nitrogens is 5. The minimum absolute atomic E-state index is 0.370. The molecule has 0 atom stereocenters. The molecular formula is C11H16N8S2. The number of nitrogens with one attached hydrogen (secondary N) is 1. The third kappa shape index (κ3) is 3.39. The Hall–Kier alpha value is -1.52. The summed E-state index contributed by atoms with van der Waals surface area (Å²) in [6.45, 7) is 3.97. The predicted octanol–water partition coefficient (Wildman–Crippen LogP) is 1.32. The molecule has 0 radical (unpaired) electrons. The molecule has 3 rings (SSSR count). The maximum Gasteiger partial charge on any atom is 0.242 e. The monoisotopic (exact) mass is 324 g/mol. The Morgan fingerprint density at radius 2 is 2.05 bits per heavy atom. The Morgan fingerprint density at radius 1 is 1.24 bits per heavy atom. The van der Waals surface area contributed by atoms with Crippen molar-refractivity contribution >= 4 is 35.2 Å². The highest BCUT2D eigenvalue weighted by molar-refractivity contribution is 8.00. The first-order valence-corrected chi connectivity index (χ1v) is 8.35. The minimum Gasteiger partial charge on any atom is -0.341 e. The highest BCUT2D eigenvalue weighted by atomic mass is 32.2. The molecule has 3 N–H and O–H groups in total. The highest BCUT2D eigenvalue weighted by Crippen LogP contribution is 2.28. The van der Waals surface area contributed by atoms with Gasteiger partial charge in [-0.1, -0.05) is 6.92 Å². The molecule has 0 amide bonds. The van der Waals surface area contributed by atoms with Gasteiger partial charge in [0.1, 0.15) is 5.82 Å². The molecule has 112 valence electrons. The molecule has 21 heavy (non-hydrogen) atoms. The summed E-state index contributed by atoms with van der Waals surface area (Å²) in [4.78, 5) is 19.6. The maximum absolute atomic E-state index is 5.45. The fourth-order valence-electron chi connectivity index (χ4n) is 2.02. The zero-order valence-corrected chi connectivity index (χ0v) is 13.2. The van der Waals surface area contributed by atoms with Gasteiger partial charge in [0, 0.05) is 19.5 Å². The highest BCUT2D eigenvalue weighted by Gasteiger charge is 2.18. The summed E-state index contributed by atoms with van der Waals surface area (Å²) in [5.74, 6) is 7.33. The summed E-state index contributed by atoms with van der Waals surface area (Å²) in [5, 5.41) is 0.582. The first-order chi connectivity index (χ1) is 10.3. The van der Waals surface area contributed by atoms with Crippen LogP contribution in [0.3, 0.4) is 0 Å². The van der Waals surface area contributed by atoms with E-state index in [1.807, 2.05) is 6.92 Å². The van der Waals surface area contributed by atoms with E-state index in [0.717, 1.165) is 42.5 Å². The number of rotatable bonds is 5. The van der Waals surface area contributed by atoms with Crippen molar-refractivity contribution in [1.82, 2.24) is 24.3 Å². The Bertz CT molecular complexity index is 610. The Kier molecular flexibility index (Phi) is 4.46. The van der Waals surface area contributed by atoms with Crippen molar-refractivity contribution in [2.45, 2.75) is 35.7 Å². The van der Waals surface area contributed by atoms with Crippen molar-refractivity contribution < 1.29 is 0 Å². The molecule has 0 aliphatic carbocycles. The first kappa shape index (κ1) is 14.4. The van der Waals surface area contributed by atoms with E-state index in [1.54, 1.807) is 0 Å². The van der Waals surface area contributed by atoms with Gasteiger partial charge in [-0.15, -0.1) is 0 Å². The van der Waals surface area contributed by atoms with Crippen LogP contribution in [0.4, 0.5) is 11.9 Å². The molecule has 1 saturated heterocycles. The number of aryl methyl sites for hydroxylation is 1. The van der Waals surface area contributed by atoms with E-state index in [-0.39, 0.29) is 0 Å². The van der Waals surface area contributed by atoms with E-state index >= 15 is 0 Å². The lowest BCUT2D eigenvalue weighted by Crippen LogP contribution is -2.22. The summed E-state index contributed by atoms with van der Waals surface area (Å²) in [6, 6.07) is 0. The van der Waals surface area contributed by atoms with Gasteiger partial charge in [0.25, 0.3) is 0 Å². The van der Waals surface area contributed by atoms with Gasteiger partial charge in [0.2, 0.25) is 17.1 Å². The second kappa shape index (κ2) is 6.50. The molecule has 1 aliphatic heterocycles. The number of anilines is 2. The Labute approximate surface area is 130 Å². The van der Waals surface area contributed by atoms with Crippen LogP contribution in [0.2, 0.25) is 0 Å². The second-order valence-electron chi connectivity index (χ2n) is 4.51. The number of nitrogens with two attached hydrogens (primary N) is 1. The molecule has 0 spiro atoms. The van der Waals surface area contributed by atoms with Crippen molar-refractivity contribution in [2.75, 3.05) is 23.4 Å². The lowest BCUT2D eigenvalue weighted by atomic mass is 10.4. The van der Waals surface area contributed by atoms with Crippen molar-refractivity contribution in [1.29, 1.82) is 0 Å². The largest absolute Gasteiger partial charge is 0.341 e. The number of nitrogens with zero attached hydrogens (tertiary/aromatic N) is 6. The molecule has 0 bridgehead atoms. The fraction of sp³-hybridized carbons (Fsp3) is 0.545. The number of hydrogen-bond acceptors (Lipinski definition) is 10. The van der Waals surface area contributed by atoms with Crippen LogP contribution < -0.4 is 16.2 Å². The van der Waals surface area contributed by atoms with Crippen LogP contribution in [0, 0.1) is 0 Å². The second-order valence-corrected chi connectivity index (χ2v) is 6.48. The van der Waals surface area contributed by atoms with Crippen LogP contribution in [0.25, 0.3) is 0 Å². The van der Waals surface area contributed by atoms with E-state index in [1.165, 1.54) is 23.3 Å². The summed E-state index contributed by atoms with van der Waals surface area (Å²) in [6.07, 6.45) is 3.15. The van der Waals surface area contributed by atoms with E-state index in [2.05, 4.69) is 34.6 Å². The van der Waals surface area contributed by atoms with E-state index in [0.29, 0.717) is 17.1 Å². The van der Waals surface area contributed by atoms with Gasteiger partial charge in [-0.25, -0.2) is 10.8 Å². The SMILES string of the molecule is CCc1nsc(Sc2nc(NN)nc(N3CCCC3)n2)n1. The van der Waals surface area contributed by atoms with Crippen molar-refractivity contribution in [3.05, 3.63) is 5.82 Å². The topological polar surface area (TPSA) is 106 Å². The predicted molar refractivity (Wildman–Crippen MR) is 82.5 cm³/mol. The molecule has 2 aromatic rings. The Balaban J connectivity index is 1.84. The van der Waals surface area contributed by atoms with Crippen molar-refractivity contribution in [2.24, 2.45) is 5.84 Å². The van der Waals surface area contributed by atoms with Gasteiger partial charge in [-0.2, -0.15) is 19.3 Å². The summed E-state index contributed by atoms with van der Waals surface area (Å²) < 4.78 is 5.09. The fourth-order valence-corrected chi connectivity index (χ4v) is 3.57. The zero-order valence-electron chi connectivity index (χ0n) is 11.6. The minimum atomic E-state index is 0.370. The van der Waals surface area contributed by atoms with Gasteiger partial charge in [0.05, 0.1) is 0 Å². The quantitative estimate of drug-likeness (QED) is 0.622. The zero-order chi connectivity index (χ0) is 14.7. The van der Waals surface area contributed by atoms with Gasteiger partial charge in [0.15, 0.2) is 4.34 Å². The molecule has 8 nitrogen and oxygen atoms in total. The van der Waals surface area contributed by atoms with Crippen LogP contribution in [0.5, 0.6) is 0 Å². The number of hydrazine groups is 1. The first-order valence-electron chi connectivity index (χ1n) is 6.76. The molecule has 3 heterocycles. The van der Waals surface area contributed by atoms with E-state index < -0.39 is 0 Å². The van der Waals surface area contributed by atoms with Crippen molar-refractivity contribution in [3.8, 4) is 0 Å². The molecule has 0 unspecified atom stereocenters. The molecule has 0 saturated carbocycles. The molecule has 1 aliphatic rings. The summed E-state index contributed by atoms with van der Waals surface area (Å²) in [5.41, 5.74) is 2.50. The van der Waals surface area contributed by atoms with Crippen LogP contribution in [0.1, 0.15) is 25.6 Å². The third-order valence-electron chi connectivity index (χ3n) is 3.07. The average Bonchev–Trinajstić information content (AvgIpc) is 3.18. The van der Waals surface area contributed by atoms with Crippen LogP contribution >= 0.6 is 23.3 Å². The van der Waals surface area contributed by atoms with Gasteiger partial charge >= 0.3 is 0 Å². The maximum atomic E-state index is 5.45. The third-order valence-corrected chi connectivity index (χ3v) is 4.72. The van der Waals surface area contributed by atoms with Gasteiger partial charge in [-0.3, -0.25) is 5.43 Å². The van der Waals surface area contributed by atoms with Gasteiger partial charge < -0.3 is 4.90 Å². The Morgan fingerprint density at radius 3 is 2.71 bits per heavy atom. The van der Waals surface area contributed by atoms with Crippen molar-refractivity contribution in [3.63, 3.8) is 0 Å². The molecular weight excluding hydrogens is 308 g/mol. The standard InChI is InChI=1S/C11H16N8S2/c1-2-7-13-11(21-18-7)20-10-15-8(17-12)14-9(16-10)19-5-3-4-6-19/h2-6,12H2,1H3,(H,14,15,16,17). The smallest absolute Gasteiger partial charge is 0.242 e. The molecule has 0 aromatic carbocycles. The van der Waals surface area contributed by atoms with Crippen LogP contribution in [0.15, 0.2) is 9.50 Å². The number of nitrogen functional groups attached to an aromatic ring is 1. The molecule has 1 fully saturated rings. The molecule has 10 heteroatoms. The summed E-state index contributed by atoms with van der Waals surface area (Å²) in [7, 11) is 0. The van der Waals surface area contributed by atoms with Crippen LogP contribution in [-0.2, 0) is 6.42 Å². The normalized spacial score (nSPS) is 14.7. The van der Waals surface area contributed by atoms with E-state index in [4.69, 9.17) is 5.84 Å². The lowest BCUT2D eigenvalue weighted by molar-refractivity contribution is 0.827. The van der Waals surface area contributed by atoms with E-state index in [9.17, 15) is 0 Å². The average molecular weight is 324 g/mol. The molecule has 2 aromatic heterocycles. The van der Waals surface area contributed by atoms with Crippen LogP contribution in [-0.4, -0.2) is 37.4 Å². The summed E-state index contributed by atoms with van der Waals surface area (Å²) >= 11 is 2.74. The lowest BCUT2D eigenvalue weighted by Gasteiger charge is -2.15. The number of hydrogen-bond donors (Lipinski definition) is 2.